The molecule has 1 atom stereocenters. The number of nitrogens with zero attached hydrogens (tertiary/aromatic N) is 2. The number of sulfonamides is 1. The molecule has 4 aromatic carbocycles. The van der Waals surface area contributed by atoms with Crippen molar-refractivity contribution >= 4 is 39.1 Å². The third-order valence-electron chi connectivity index (χ3n) is 7.03. The minimum atomic E-state index is -4.21. The van der Waals surface area contributed by atoms with E-state index in [1.54, 1.807) is 36.4 Å². The maximum atomic E-state index is 14.4. The molecule has 224 valence electrons. The molecule has 0 heterocycles. The smallest absolute Gasteiger partial charge is 0.264 e. The molecule has 0 aliphatic heterocycles. The lowest BCUT2D eigenvalue weighted by Gasteiger charge is -2.34. The van der Waals surface area contributed by atoms with Gasteiger partial charge >= 0.3 is 0 Å². The Labute approximate surface area is 259 Å². The second kappa shape index (κ2) is 14.8. The average Bonchev–Trinajstić information content (AvgIpc) is 3.02. The van der Waals surface area contributed by atoms with Crippen molar-refractivity contribution in [1.82, 2.24) is 10.2 Å². The van der Waals surface area contributed by atoms with Crippen LogP contribution in [0.1, 0.15) is 30.0 Å². The molecule has 4 aromatic rings. The lowest BCUT2D eigenvalue weighted by molar-refractivity contribution is -0.140. The number of hydrogen-bond acceptors (Lipinski definition) is 4. The fraction of sp³-hybridized carbons (Fsp3) is 0.235. The summed E-state index contributed by atoms with van der Waals surface area (Å²) in [4.78, 5) is 29.5. The lowest BCUT2D eigenvalue weighted by Crippen LogP contribution is -2.53. The van der Waals surface area contributed by atoms with Crippen molar-refractivity contribution in [3.8, 4) is 0 Å². The predicted molar refractivity (Wildman–Crippen MR) is 171 cm³/mol. The molecule has 2 amide bonds. The molecule has 0 spiro atoms. The molecule has 0 aliphatic rings. The number of carbonyl (C=O) groups is 2. The maximum Gasteiger partial charge on any atom is 0.264 e. The zero-order valence-corrected chi connectivity index (χ0v) is 25.9. The summed E-state index contributed by atoms with van der Waals surface area (Å²) in [5, 5.41) is 3.13. The van der Waals surface area contributed by atoms with Crippen molar-refractivity contribution in [2.45, 2.75) is 44.2 Å². The zero-order chi connectivity index (χ0) is 30.8. The van der Waals surface area contributed by atoms with E-state index < -0.39 is 28.5 Å². The average molecular weight is 618 g/mol. The molecular formula is C34H36ClN3O4S. The summed E-state index contributed by atoms with van der Waals surface area (Å²) in [6.07, 6.45) is 0.983. The molecular weight excluding hydrogens is 582 g/mol. The molecule has 0 aromatic heterocycles. The summed E-state index contributed by atoms with van der Waals surface area (Å²) in [6, 6.07) is 30.9. The lowest BCUT2D eigenvalue weighted by atomic mass is 10.0. The Bertz CT molecular complexity index is 1610. The van der Waals surface area contributed by atoms with Crippen molar-refractivity contribution in [2.75, 3.05) is 17.4 Å². The Kier molecular flexibility index (Phi) is 11.0. The topological polar surface area (TPSA) is 86.8 Å². The Morgan fingerprint density at radius 3 is 2.00 bits per heavy atom. The standard InChI is InChI=1S/C34H36ClN3O4S/c1-3-22-36-34(40)32(23-27-12-6-4-7-13-27)37(24-28-14-8-5-9-15-28)33(39)25-38(31-17-11-10-16-30(31)35)43(41,42)29-20-18-26(2)19-21-29/h4-21,32H,3,22-25H2,1-2H3,(H,36,40). The van der Waals surface area contributed by atoms with E-state index in [9.17, 15) is 18.0 Å². The zero-order valence-electron chi connectivity index (χ0n) is 24.3. The Morgan fingerprint density at radius 1 is 0.814 bits per heavy atom. The molecule has 0 fully saturated rings. The minimum absolute atomic E-state index is 0.0296. The van der Waals surface area contributed by atoms with E-state index in [0.29, 0.717) is 6.54 Å². The third-order valence-corrected chi connectivity index (χ3v) is 9.12. The number of nitrogens with one attached hydrogen (secondary N) is 1. The van der Waals surface area contributed by atoms with Gasteiger partial charge in [0.05, 0.1) is 15.6 Å². The maximum absolute atomic E-state index is 14.4. The van der Waals surface area contributed by atoms with Crippen LogP contribution in [-0.2, 0) is 32.6 Å². The van der Waals surface area contributed by atoms with Crippen LogP contribution in [0.3, 0.4) is 0 Å². The first-order chi connectivity index (χ1) is 20.7. The Balaban J connectivity index is 1.79. The normalized spacial score (nSPS) is 11.9. The highest BCUT2D eigenvalue weighted by molar-refractivity contribution is 7.92. The fourth-order valence-corrected chi connectivity index (χ4v) is 6.43. The number of benzene rings is 4. The van der Waals surface area contributed by atoms with Crippen LogP contribution in [0.4, 0.5) is 5.69 Å². The first kappa shape index (κ1) is 31.8. The molecule has 1 N–H and O–H groups in total. The summed E-state index contributed by atoms with van der Waals surface area (Å²) in [6.45, 7) is 3.82. The van der Waals surface area contributed by atoms with Crippen LogP contribution in [0.2, 0.25) is 5.02 Å². The van der Waals surface area contributed by atoms with Crippen molar-refractivity contribution in [3.63, 3.8) is 0 Å². The van der Waals surface area contributed by atoms with E-state index in [1.165, 1.54) is 17.0 Å². The molecule has 4 rings (SSSR count). The quantitative estimate of drug-likeness (QED) is 0.199. The predicted octanol–water partition coefficient (Wildman–Crippen LogP) is 6.01. The molecule has 0 radical (unpaired) electrons. The summed E-state index contributed by atoms with van der Waals surface area (Å²) >= 11 is 6.51. The Morgan fingerprint density at radius 2 is 1.40 bits per heavy atom. The van der Waals surface area contributed by atoms with Crippen molar-refractivity contribution in [1.29, 1.82) is 0 Å². The van der Waals surface area contributed by atoms with Crippen molar-refractivity contribution in [3.05, 3.63) is 131 Å². The van der Waals surface area contributed by atoms with Gasteiger partial charge in [-0.05, 0) is 48.7 Å². The van der Waals surface area contributed by atoms with E-state index in [0.717, 1.165) is 27.4 Å². The third kappa shape index (κ3) is 8.24. The van der Waals surface area contributed by atoms with Crippen LogP contribution in [0.15, 0.2) is 114 Å². The second-order valence-corrected chi connectivity index (χ2v) is 12.5. The van der Waals surface area contributed by atoms with Gasteiger partial charge in [-0.15, -0.1) is 0 Å². The molecule has 0 bridgehead atoms. The summed E-state index contributed by atoms with van der Waals surface area (Å²) in [5.74, 6) is -0.840. The summed E-state index contributed by atoms with van der Waals surface area (Å²) in [7, 11) is -4.21. The molecule has 9 heteroatoms. The SMILES string of the molecule is CCCNC(=O)C(Cc1ccccc1)N(Cc1ccccc1)C(=O)CN(c1ccccc1Cl)S(=O)(=O)c1ccc(C)cc1. The van der Waals surface area contributed by atoms with Gasteiger partial charge in [-0.3, -0.25) is 13.9 Å². The first-order valence-electron chi connectivity index (χ1n) is 14.2. The van der Waals surface area contributed by atoms with Crippen LogP contribution < -0.4 is 9.62 Å². The van der Waals surface area contributed by atoms with Gasteiger partial charge in [-0.25, -0.2) is 8.42 Å². The van der Waals surface area contributed by atoms with Gasteiger partial charge < -0.3 is 10.2 Å². The number of halogens is 1. The van der Waals surface area contributed by atoms with Gasteiger partial charge in [0.1, 0.15) is 12.6 Å². The van der Waals surface area contributed by atoms with Gasteiger partial charge in [-0.2, -0.15) is 0 Å². The van der Waals surface area contributed by atoms with Gasteiger partial charge in [0.15, 0.2) is 0 Å². The number of anilines is 1. The van der Waals surface area contributed by atoms with Gasteiger partial charge in [0.25, 0.3) is 10.0 Å². The van der Waals surface area contributed by atoms with Crippen LogP contribution in [0.25, 0.3) is 0 Å². The highest BCUT2D eigenvalue weighted by Gasteiger charge is 2.35. The van der Waals surface area contributed by atoms with Crippen LogP contribution in [0, 0.1) is 6.92 Å². The molecule has 0 saturated heterocycles. The number of para-hydroxylation sites is 1. The van der Waals surface area contributed by atoms with E-state index in [4.69, 9.17) is 11.6 Å². The van der Waals surface area contributed by atoms with Crippen molar-refractivity contribution in [2.24, 2.45) is 0 Å². The largest absolute Gasteiger partial charge is 0.354 e. The van der Waals surface area contributed by atoms with Gasteiger partial charge in [0.2, 0.25) is 11.8 Å². The highest BCUT2D eigenvalue weighted by Crippen LogP contribution is 2.31. The van der Waals surface area contributed by atoms with Crippen LogP contribution >= 0.6 is 11.6 Å². The van der Waals surface area contributed by atoms with E-state index in [1.807, 2.05) is 74.5 Å². The first-order valence-corrected chi connectivity index (χ1v) is 16.0. The molecule has 0 saturated carbocycles. The molecule has 1 unspecified atom stereocenters. The van der Waals surface area contributed by atoms with Crippen molar-refractivity contribution < 1.29 is 18.0 Å². The summed E-state index contributed by atoms with van der Waals surface area (Å²) < 4.78 is 29.2. The highest BCUT2D eigenvalue weighted by atomic mass is 35.5. The van der Waals surface area contributed by atoms with E-state index in [-0.39, 0.29) is 34.5 Å². The number of hydrogen-bond donors (Lipinski definition) is 1. The monoisotopic (exact) mass is 617 g/mol. The second-order valence-electron chi connectivity index (χ2n) is 10.3. The van der Waals surface area contributed by atoms with Crippen LogP contribution in [0.5, 0.6) is 0 Å². The molecule has 0 aliphatic carbocycles. The molecule has 7 nitrogen and oxygen atoms in total. The number of rotatable bonds is 13. The minimum Gasteiger partial charge on any atom is -0.354 e. The van der Waals surface area contributed by atoms with E-state index in [2.05, 4.69) is 5.32 Å². The Hall–Kier alpha value is -4.14. The van der Waals surface area contributed by atoms with Crippen LogP contribution in [-0.4, -0.2) is 44.3 Å². The summed E-state index contributed by atoms with van der Waals surface area (Å²) in [5.41, 5.74) is 2.76. The number of amides is 2. The van der Waals surface area contributed by atoms with E-state index >= 15 is 0 Å². The number of aryl methyl sites for hydroxylation is 1. The number of carbonyl (C=O) groups excluding carboxylic acids is 2. The molecule has 43 heavy (non-hydrogen) atoms. The van der Waals surface area contributed by atoms with Gasteiger partial charge in [0, 0.05) is 19.5 Å². The van der Waals surface area contributed by atoms with Gasteiger partial charge in [-0.1, -0.05) is 109 Å². The fourth-order valence-electron chi connectivity index (χ4n) is 4.70.